The van der Waals surface area contributed by atoms with E-state index in [-0.39, 0.29) is 17.8 Å². The van der Waals surface area contributed by atoms with E-state index < -0.39 is 11.7 Å². The number of nitrogens with two attached hydrogens (primary N) is 1. The van der Waals surface area contributed by atoms with Crippen LogP contribution in [0.1, 0.15) is 21.5 Å². The molecule has 20 heavy (non-hydrogen) atoms. The van der Waals surface area contributed by atoms with Crippen molar-refractivity contribution in [3.63, 3.8) is 0 Å². The summed E-state index contributed by atoms with van der Waals surface area (Å²) in [7, 11) is 0. The van der Waals surface area contributed by atoms with Gasteiger partial charge in [-0.1, -0.05) is 12.1 Å². The van der Waals surface area contributed by atoms with E-state index in [0.29, 0.717) is 5.56 Å². The second kappa shape index (κ2) is 5.85. The van der Waals surface area contributed by atoms with Crippen molar-refractivity contribution in [3.8, 4) is 6.07 Å². The molecule has 2 aromatic rings. The summed E-state index contributed by atoms with van der Waals surface area (Å²) in [4.78, 5) is 11.8. The van der Waals surface area contributed by atoms with Gasteiger partial charge < -0.3 is 11.1 Å². The van der Waals surface area contributed by atoms with Crippen molar-refractivity contribution in [2.45, 2.75) is 6.54 Å². The Kier molecular flexibility index (Phi) is 3.96. The number of benzene rings is 2. The second-order valence-corrected chi connectivity index (χ2v) is 4.23. The highest BCUT2D eigenvalue weighted by molar-refractivity contribution is 5.94. The molecule has 0 spiro atoms. The monoisotopic (exact) mass is 269 g/mol. The van der Waals surface area contributed by atoms with Gasteiger partial charge in [0.15, 0.2) is 0 Å². The number of hydrogen-bond donors (Lipinski definition) is 2. The third kappa shape index (κ3) is 3.12. The van der Waals surface area contributed by atoms with Crippen LogP contribution < -0.4 is 11.1 Å². The Labute approximate surface area is 115 Å². The highest BCUT2D eigenvalue weighted by Crippen LogP contribution is 2.12. The molecule has 0 saturated carbocycles. The minimum Gasteiger partial charge on any atom is -0.399 e. The highest BCUT2D eigenvalue weighted by Gasteiger charge is 2.11. The lowest BCUT2D eigenvalue weighted by molar-refractivity contribution is 0.0947. The standard InChI is InChI=1S/C15H12FN3O/c16-14-7-12(18)5-6-13(14)15(20)19-9-11-3-1-10(8-17)2-4-11/h1-7H,9,18H2,(H,19,20). The molecule has 2 aromatic carbocycles. The topological polar surface area (TPSA) is 78.9 Å². The van der Waals surface area contributed by atoms with Crippen LogP contribution in [0.3, 0.4) is 0 Å². The van der Waals surface area contributed by atoms with Crippen molar-refractivity contribution in [3.05, 3.63) is 65.0 Å². The van der Waals surface area contributed by atoms with Crippen molar-refractivity contribution in [2.75, 3.05) is 5.73 Å². The highest BCUT2D eigenvalue weighted by atomic mass is 19.1. The van der Waals surface area contributed by atoms with Crippen LogP contribution >= 0.6 is 0 Å². The lowest BCUT2D eigenvalue weighted by atomic mass is 10.1. The summed E-state index contributed by atoms with van der Waals surface area (Å²) in [6, 6.07) is 12.7. The molecule has 0 aliphatic carbocycles. The predicted molar refractivity (Wildman–Crippen MR) is 73.1 cm³/mol. The number of nitrogen functional groups attached to an aromatic ring is 1. The summed E-state index contributed by atoms with van der Waals surface area (Å²) < 4.78 is 13.5. The number of carbonyl (C=O) groups is 1. The first-order chi connectivity index (χ1) is 9.60. The fraction of sp³-hybridized carbons (Fsp3) is 0.0667. The molecule has 0 heterocycles. The molecule has 0 unspecified atom stereocenters. The van der Waals surface area contributed by atoms with Gasteiger partial charge in [-0.2, -0.15) is 5.26 Å². The Balaban J connectivity index is 2.03. The van der Waals surface area contributed by atoms with E-state index in [1.165, 1.54) is 12.1 Å². The van der Waals surface area contributed by atoms with E-state index in [1.54, 1.807) is 24.3 Å². The second-order valence-electron chi connectivity index (χ2n) is 4.23. The fourth-order valence-electron chi connectivity index (χ4n) is 1.69. The van der Waals surface area contributed by atoms with E-state index in [2.05, 4.69) is 5.32 Å². The summed E-state index contributed by atoms with van der Waals surface area (Å²) in [6.45, 7) is 0.258. The first kappa shape index (κ1) is 13.6. The van der Waals surface area contributed by atoms with Gasteiger partial charge in [0.2, 0.25) is 0 Å². The largest absolute Gasteiger partial charge is 0.399 e. The lowest BCUT2D eigenvalue weighted by Crippen LogP contribution is -2.23. The maximum Gasteiger partial charge on any atom is 0.254 e. The molecule has 0 aliphatic rings. The molecule has 3 N–H and O–H groups in total. The molecular weight excluding hydrogens is 257 g/mol. The molecule has 1 amide bonds. The van der Waals surface area contributed by atoms with Gasteiger partial charge in [-0.05, 0) is 35.9 Å². The summed E-state index contributed by atoms with van der Waals surface area (Å²) in [6.07, 6.45) is 0. The van der Waals surface area contributed by atoms with Crippen LogP contribution in [-0.2, 0) is 6.54 Å². The van der Waals surface area contributed by atoms with Crippen LogP contribution in [0.4, 0.5) is 10.1 Å². The minimum absolute atomic E-state index is 0.0483. The Morgan fingerprint density at radius 1 is 1.25 bits per heavy atom. The molecule has 100 valence electrons. The van der Waals surface area contributed by atoms with Crippen molar-refractivity contribution in [1.29, 1.82) is 5.26 Å². The van der Waals surface area contributed by atoms with E-state index in [0.717, 1.165) is 11.6 Å². The van der Waals surface area contributed by atoms with Gasteiger partial charge in [-0.3, -0.25) is 4.79 Å². The number of rotatable bonds is 3. The summed E-state index contributed by atoms with van der Waals surface area (Å²) in [5.41, 5.74) is 7.02. The van der Waals surface area contributed by atoms with Gasteiger partial charge >= 0.3 is 0 Å². The Hall–Kier alpha value is -2.87. The van der Waals surface area contributed by atoms with Crippen LogP contribution in [0.15, 0.2) is 42.5 Å². The van der Waals surface area contributed by atoms with Gasteiger partial charge in [-0.25, -0.2) is 4.39 Å². The van der Waals surface area contributed by atoms with Gasteiger partial charge in [-0.15, -0.1) is 0 Å². The number of nitriles is 1. The molecule has 4 nitrogen and oxygen atoms in total. The molecular formula is C15H12FN3O. The van der Waals surface area contributed by atoms with E-state index in [4.69, 9.17) is 11.0 Å². The molecule has 0 saturated heterocycles. The van der Waals surface area contributed by atoms with Gasteiger partial charge in [0.05, 0.1) is 17.2 Å². The Morgan fingerprint density at radius 2 is 1.95 bits per heavy atom. The summed E-state index contributed by atoms with van der Waals surface area (Å²) >= 11 is 0. The maximum absolute atomic E-state index is 13.5. The first-order valence-corrected chi connectivity index (χ1v) is 5.92. The molecule has 0 radical (unpaired) electrons. The number of nitrogens with zero attached hydrogens (tertiary/aromatic N) is 1. The van der Waals surface area contributed by atoms with Crippen LogP contribution in [0, 0.1) is 17.1 Å². The molecule has 5 heteroatoms. The van der Waals surface area contributed by atoms with Gasteiger partial charge in [0, 0.05) is 12.2 Å². The average molecular weight is 269 g/mol. The third-order valence-electron chi connectivity index (χ3n) is 2.77. The summed E-state index contributed by atoms with van der Waals surface area (Å²) in [5.74, 6) is -1.16. The normalized spacial score (nSPS) is 9.80. The van der Waals surface area contributed by atoms with Crippen molar-refractivity contribution in [2.24, 2.45) is 0 Å². The fourth-order valence-corrected chi connectivity index (χ4v) is 1.69. The zero-order chi connectivity index (χ0) is 14.5. The molecule has 0 atom stereocenters. The number of halogens is 1. The SMILES string of the molecule is N#Cc1ccc(CNC(=O)c2ccc(N)cc2F)cc1. The zero-order valence-electron chi connectivity index (χ0n) is 10.6. The third-order valence-corrected chi connectivity index (χ3v) is 2.77. The van der Waals surface area contributed by atoms with Crippen molar-refractivity contribution >= 4 is 11.6 Å². The number of hydrogen-bond acceptors (Lipinski definition) is 3. The maximum atomic E-state index is 13.5. The lowest BCUT2D eigenvalue weighted by Gasteiger charge is -2.07. The molecule has 2 rings (SSSR count). The molecule has 0 bridgehead atoms. The zero-order valence-corrected chi connectivity index (χ0v) is 10.6. The van der Waals surface area contributed by atoms with E-state index >= 15 is 0 Å². The first-order valence-electron chi connectivity index (χ1n) is 5.92. The number of amides is 1. The Morgan fingerprint density at radius 3 is 2.55 bits per heavy atom. The van der Waals surface area contributed by atoms with Crippen LogP contribution in [0.25, 0.3) is 0 Å². The van der Waals surface area contributed by atoms with Crippen LogP contribution in [0.2, 0.25) is 0 Å². The number of anilines is 1. The van der Waals surface area contributed by atoms with E-state index in [1.807, 2.05) is 6.07 Å². The van der Waals surface area contributed by atoms with Gasteiger partial charge in [0.25, 0.3) is 5.91 Å². The quantitative estimate of drug-likeness (QED) is 0.838. The van der Waals surface area contributed by atoms with Crippen LogP contribution in [-0.4, -0.2) is 5.91 Å². The van der Waals surface area contributed by atoms with Crippen molar-refractivity contribution in [1.82, 2.24) is 5.32 Å². The van der Waals surface area contributed by atoms with E-state index in [9.17, 15) is 9.18 Å². The average Bonchev–Trinajstić information content (AvgIpc) is 2.45. The summed E-state index contributed by atoms with van der Waals surface area (Å²) in [5, 5.41) is 11.3. The van der Waals surface area contributed by atoms with Crippen molar-refractivity contribution < 1.29 is 9.18 Å². The minimum atomic E-state index is -0.651. The number of nitrogens with one attached hydrogen (secondary N) is 1. The van der Waals surface area contributed by atoms with Gasteiger partial charge in [0.1, 0.15) is 5.82 Å². The molecule has 0 aliphatic heterocycles. The Bertz CT molecular complexity index is 675. The van der Waals surface area contributed by atoms with Crippen LogP contribution in [0.5, 0.6) is 0 Å². The molecule has 0 fully saturated rings. The molecule has 0 aromatic heterocycles. The number of carbonyl (C=O) groups excluding carboxylic acids is 1. The predicted octanol–water partition coefficient (Wildman–Crippen LogP) is 2.21. The smallest absolute Gasteiger partial charge is 0.254 e.